The topological polar surface area (TPSA) is 60.4 Å². The van der Waals surface area contributed by atoms with Crippen LogP contribution >= 0.6 is 0 Å². The van der Waals surface area contributed by atoms with Gasteiger partial charge in [-0.25, -0.2) is 4.79 Å². The van der Waals surface area contributed by atoms with Crippen LogP contribution < -0.4 is 14.4 Å². The summed E-state index contributed by atoms with van der Waals surface area (Å²) in [6.07, 6.45) is 4.09. The van der Waals surface area contributed by atoms with Crippen molar-refractivity contribution >= 4 is 23.6 Å². The quantitative estimate of drug-likeness (QED) is 0.530. The molecule has 0 aliphatic carbocycles. The van der Waals surface area contributed by atoms with E-state index in [1.54, 1.807) is 45.6 Å². The van der Waals surface area contributed by atoms with E-state index in [-0.39, 0.29) is 5.97 Å². The minimum Gasteiger partial charge on any atom is -0.496 e. The molecule has 0 unspecified atom stereocenters. The Labute approximate surface area is 165 Å². The predicted molar refractivity (Wildman–Crippen MR) is 111 cm³/mol. The molecule has 0 aromatic heterocycles. The van der Waals surface area contributed by atoms with E-state index in [1.807, 2.05) is 18.2 Å². The first-order valence-corrected chi connectivity index (χ1v) is 9.48. The Balaban J connectivity index is 1.89. The van der Waals surface area contributed by atoms with Crippen molar-refractivity contribution in [3.8, 4) is 11.5 Å². The molecule has 0 saturated carbocycles. The van der Waals surface area contributed by atoms with E-state index >= 15 is 0 Å². The molecule has 1 heterocycles. The van der Waals surface area contributed by atoms with Gasteiger partial charge in [-0.3, -0.25) is 4.99 Å². The Morgan fingerprint density at radius 3 is 2.54 bits per heavy atom. The molecule has 0 atom stereocenters. The number of ether oxygens (including phenoxy) is 3. The average Bonchev–Trinajstić information content (AvgIpc) is 3.26. The molecule has 6 heteroatoms. The van der Waals surface area contributed by atoms with Crippen molar-refractivity contribution in [2.75, 3.05) is 38.8 Å². The second-order valence-corrected chi connectivity index (χ2v) is 6.49. The van der Waals surface area contributed by atoms with Gasteiger partial charge in [-0.1, -0.05) is 6.07 Å². The fraction of sp³-hybridized carbons (Fsp3) is 0.364. The molecule has 0 radical (unpaired) electrons. The van der Waals surface area contributed by atoms with Gasteiger partial charge in [0.2, 0.25) is 0 Å². The Morgan fingerprint density at radius 1 is 1.11 bits per heavy atom. The van der Waals surface area contributed by atoms with Gasteiger partial charge in [0.15, 0.2) is 0 Å². The molecule has 28 heavy (non-hydrogen) atoms. The van der Waals surface area contributed by atoms with E-state index in [0.717, 1.165) is 35.8 Å². The van der Waals surface area contributed by atoms with E-state index in [1.165, 1.54) is 12.8 Å². The summed E-state index contributed by atoms with van der Waals surface area (Å²) in [5.41, 5.74) is 2.99. The van der Waals surface area contributed by atoms with Gasteiger partial charge >= 0.3 is 5.97 Å². The van der Waals surface area contributed by atoms with Crippen LogP contribution in [0, 0.1) is 0 Å². The summed E-state index contributed by atoms with van der Waals surface area (Å²) in [6, 6.07) is 11.0. The Hall–Kier alpha value is -3.02. The second kappa shape index (κ2) is 9.26. The predicted octanol–water partition coefficient (Wildman–Crippen LogP) is 4.23. The lowest BCUT2D eigenvalue weighted by molar-refractivity contribution is 0.0526. The van der Waals surface area contributed by atoms with Crippen molar-refractivity contribution in [2.45, 2.75) is 19.8 Å². The summed E-state index contributed by atoms with van der Waals surface area (Å²) in [6.45, 7) is 4.17. The summed E-state index contributed by atoms with van der Waals surface area (Å²) in [5.74, 6) is 1.17. The molecule has 0 bridgehead atoms. The number of carbonyl (C=O) groups is 1. The summed E-state index contributed by atoms with van der Waals surface area (Å²) in [5, 5.41) is 0. The third-order valence-electron chi connectivity index (χ3n) is 4.69. The fourth-order valence-corrected chi connectivity index (χ4v) is 3.28. The van der Waals surface area contributed by atoms with Gasteiger partial charge < -0.3 is 19.1 Å². The number of hydrogen-bond acceptors (Lipinski definition) is 6. The molecule has 0 amide bonds. The van der Waals surface area contributed by atoms with Gasteiger partial charge in [-0.2, -0.15) is 0 Å². The Kier molecular flexibility index (Phi) is 6.53. The normalized spacial score (nSPS) is 13.8. The van der Waals surface area contributed by atoms with Gasteiger partial charge in [0.25, 0.3) is 0 Å². The number of esters is 1. The molecule has 0 N–H and O–H groups in total. The summed E-state index contributed by atoms with van der Waals surface area (Å²) < 4.78 is 16.2. The van der Waals surface area contributed by atoms with Crippen LogP contribution in [0.15, 0.2) is 41.4 Å². The van der Waals surface area contributed by atoms with E-state index in [2.05, 4.69) is 9.89 Å². The Morgan fingerprint density at radius 2 is 1.86 bits per heavy atom. The minimum atomic E-state index is -0.353. The third kappa shape index (κ3) is 4.44. The lowest BCUT2D eigenvalue weighted by atomic mass is 10.1. The molecule has 148 valence electrons. The maximum Gasteiger partial charge on any atom is 0.338 e. The van der Waals surface area contributed by atoms with Crippen LogP contribution in [0.2, 0.25) is 0 Å². The zero-order valence-corrected chi connectivity index (χ0v) is 16.6. The van der Waals surface area contributed by atoms with E-state index in [4.69, 9.17) is 14.2 Å². The SMILES string of the molecule is CCOC(=O)c1cccc(N=Cc2cc(OC)c(N3CCCC3)cc2OC)c1. The van der Waals surface area contributed by atoms with Crippen LogP contribution in [0.1, 0.15) is 35.7 Å². The number of hydrogen-bond donors (Lipinski definition) is 0. The molecular formula is C22H26N2O4. The third-order valence-corrected chi connectivity index (χ3v) is 4.69. The lowest BCUT2D eigenvalue weighted by Gasteiger charge is -2.22. The van der Waals surface area contributed by atoms with Gasteiger partial charge in [0.05, 0.1) is 37.8 Å². The number of aliphatic imine (C=N–C) groups is 1. The molecule has 1 saturated heterocycles. The smallest absolute Gasteiger partial charge is 0.338 e. The van der Waals surface area contributed by atoms with Gasteiger partial charge in [0, 0.05) is 30.9 Å². The summed E-state index contributed by atoms with van der Waals surface area (Å²) in [7, 11) is 3.32. The highest BCUT2D eigenvalue weighted by molar-refractivity contribution is 5.91. The largest absolute Gasteiger partial charge is 0.496 e. The van der Waals surface area contributed by atoms with Crippen molar-refractivity contribution in [1.29, 1.82) is 0 Å². The number of anilines is 1. The lowest BCUT2D eigenvalue weighted by Crippen LogP contribution is -2.18. The summed E-state index contributed by atoms with van der Waals surface area (Å²) in [4.78, 5) is 18.7. The zero-order chi connectivity index (χ0) is 19.9. The molecule has 1 fully saturated rings. The van der Waals surface area contributed by atoms with E-state index in [9.17, 15) is 4.79 Å². The van der Waals surface area contributed by atoms with Gasteiger partial charge in [-0.15, -0.1) is 0 Å². The zero-order valence-electron chi connectivity index (χ0n) is 16.6. The van der Waals surface area contributed by atoms with E-state index < -0.39 is 0 Å². The molecule has 2 aromatic rings. The van der Waals surface area contributed by atoms with Gasteiger partial charge in [0.1, 0.15) is 11.5 Å². The highest BCUT2D eigenvalue weighted by Crippen LogP contribution is 2.36. The number of rotatable bonds is 7. The first-order chi connectivity index (χ1) is 13.7. The maximum absolute atomic E-state index is 11.9. The van der Waals surface area contributed by atoms with Crippen molar-refractivity contribution in [1.82, 2.24) is 0 Å². The molecule has 2 aromatic carbocycles. The van der Waals surface area contributed by atoms with Crippen molar-refractivity contribution in [3.05, 3.63) is 47.5 Å². The average molecular weight is 382 g/mol. The standard InChI is InChI=1S/C22H26N2O4/c1-4-28-22(25)16-8-7-9-18(12-16)23-15-17-13-21(27-3)19(14-20(17)26-2)24-10-5-6-11-24/h7-9,12-15H,4-6,10-11H2,1-3H3. The van der Waals surface area contributed by atoms with Crippen molar-refractivity contribution in [3.63, 3.8) is 0 Å². The highest BCUT2D eigenvalue weighted by atomic mass is 16.5. The van der Waals surface area contributed by atoms with Crippen molar-refractivity contribution in [2.24, 2.45) is 4.99 Å². The molecule has 3 rings (SSSR count). The Bertz CT molecular complexity index is 858. The molecular weight excluding hydrogens is 356 g/mol. The monoisotopic (exact) mass is 382 g/mol. The van der Waals surface area contributed by atoms with Gasteiger partial charge in [-0.05, 0) is 44.0 Å². The first-order valence-electron chi connectivity index (χ1n) is 9.48. The minimum absolute atomic E-state index is 0.340. The van der Waals surface area contributed by atoms with Crippen LogP contribution in [0.4, 0.5) is 11.4 Å². The number of methoxy groups -OCH3 is 2. The second-order valence-electron chi connectivity index (χ2n) is 6.49. The van der Waals surface area contributed by atoms with Crippen LogP contribution in [0.25, 0.3) is 0 Å². The first kappa shape index (κ1) is 19.7. The maximum atomic E-state index is 11.9. The molecule has 1 aliphatic heterocycles. The number of nitrogens with zero attached hydrogens (tertiary/aromatic N) is 2. The van der Waals surface area contributed by atoms with Crippen molar-refractivity contribution < 1.29 is 19.0 Å². The van der Waals surface area contributed by atoms with E-state index in [0.29, 0.717) is 17.9 Å². The van der Waals surface area contributed by atoms with Crippen LogP contribution in [0.3, 0.4) is 0 Å². The summed E-state index contributed by atoms with van der Waals surface area (Å²) >= 11 is 0. The number of benzene rings is 2. The highest BCUT2D eigenvalue weighted by Gasteiger charge is 2.19. The molecule has 6 nitrogen and oxygen atoms in total. The van der Waals surface area contributed by atoms with Crippen LogP contribution in [-0.2, 0) is 4.74 Å². The fourth-order valence-electron chi connectivity index (χ4n) is 3.28. The molecule has 0 spiro atoms. The number of carbonyl (C=O) groups excluding carboxylic acids is 1. The van der Waals surface area contributed by atoms with Crippen LogP contribution in [0.5, 0.6) is 11.5 Å². The molecule has 1 aliphatic rings. The van der Waals surface area contributed by atoms with Crippen LogP contribution in [-0.4, -0.2) is 46.1 Å².